The molecular weight excluding hydrogens is 530 g/mol. The molecule has 0 fully saturated rings. The van der Waals surface area contributed by atoms with Crippen LogP contribution in [-0.4, -0.2) is 23.4 Å². The van der Waals surface area contributed by atoms with Gasteiger partial charge in [-0.15, -0.1) is 11.3 Å². The van der Waals surface area contributed by atoms with Gasteiger partial charge in [0.25, 0.3) is 11.6 Å². The number of non-ortho nitro benzene ring substituents is 1. The van der Waals surface area contributed by atoms with Crippen LogP contribution in [0.4, 0.5) is 10.7 Å². The predicted molar refractivity (Wildman–Crippen MR) is 144 cm³/mol. The maximum Gasteiger partial charge on any atom is 0.341 e. The van der Waals surface area contributed by atoms with Crippen molar-refractivity contribution < 1.29 is 23.7 Å². The molecule has 1 aliphatic rings. The normalized spacial score (nSPS) is 12.9. The van der Waals surface area contributed by atoms with E-state index in [1.807, 2.05) is 13.0 Å². The number of carbonyl (C=O) groups is 2. The molecule has 196 valence electrons. The largest absolute Gasteiger partial charge is 0.462 e. The first kappa shape index (κ1) is 27.1. The fourth-order valence-corrected chi connectivity index (χ4v) is 5.65. The Morgan fingerprint density at radius 1 is 1.29 bits per heavy atom. The highest BCUT2D eigenvalue weighted by Gasteiger charge is 2.28. The van der Waals surface area contributed by atoms with E-state index in [9.17, 15) is 25.0 Å². The highest BCUT2D eigenvalue weighted by Crippen LogP contribution is 2.39. The number of halogens is 1. The highest BCUT2D eigenvalue weighted by atomic mass is 35.5. The Balaban J connectivity index is 1.57. The van der Waals surface area contributed by atoms with Gasteiger partial charge >= 0.3 is 5.97 Å². The van der Waals surface area contributed by atoms with Crippen molar-refractivity contribution in [3.63, 3.8) is 0 Å². The summed E-state index contributed by atoms with van der Waals surface area (Å²) >= 11 is 7.52. The number of thiophene rings is 1. The van der Waals surface area contributed by atoms with Gasteiger partial charge < -0.3 is 14.5 Å². The molecule has 1 aliphatic carbocycles. The number of esters is 1. The predicted octanol–water partition coefficient (Wildman–Crippen LogP) is 6.95. The minimum atomic E-state index is -0.681. The third-order valence-electron chi connectivity index (χ3n) is 6.04. The van der Waals surface area contributed by atoms with E-state index in [1.165, 1.54) is 35.6 Å². The van der Waals surface area contributed by atoms with Crippen LogP contribution in [0, 0.1) is 21.4 Å². The number of amides is 1. The summed E-state index contributed by atoms with van der Waals surface area (Å²) in [4.78, 5) is 37.4. The number of aryl methyl sites for hydroxylation is 1. The number of hydrogen-bond acceptors (Lipinski definition) is 8. The second kappa shape index (κ2) is 12.1. The summed E-state index contributed by atoms with van der Waals surface area (Å²) in [5, 5.41) is 23.9. The Morgan fingerprint density at radius 2 is 2.08 bits per heavy atom. The van der Waals surface area contributed by atoms with Crippen LogP contribution in [0.15, 0.2) is 40.3 Å². The molecule has 2 aromatic heterocycles. The lowest BCUT2D eigenvalue weighted by molar-refractivity contribution is -0.384. The van der Waals surface area contributed by atoms with Crippen LogP contribution < -0.4 is 5.32 Å². The molecule has 2 heterocycles. The Morgan fingerprint density at radius 3 is 2.79 bits per heavy atom. The molecule has 0 atom stereocenters. The Bertz CT molecular complexity index is 1470. The topological polar surface area (TPSA) is 135 Å². The summed E-state index contributed by atoms with van der Waals surface area (Å²) in [6.45, 7) is 2.31. The zero-order chi connectivity index (χ0) is 27.2. The van der Waals surface area contributed by atoms with Crippen molar-refractivity contribution in [2.24, 2.45) is 0 Å². The monoisotopic (exact) mass is 553 g/mol. The summed E-state index contributed by atoms with van der Waals surface area (Å²) in [6, 6.07) is 9.00. The van der Waals surface area contributed by atoms with Crippen molar-refractivity contribution in [2.45, 2.75) is 45.4 Å². The van der Waals surface area contributed by atoms with E-state index in [0.29, 0.717) is 28.5 Å². The van der Waals surface area contributed by atoms with E-state index in [4.69, 9.17) is 20.8 Å². The molecular formula is C27H24ClN3O6S. The van der Waals surface area contributed by atoms with Gasteiger partial charge in [0.05, 0.1) is 22.1 Å². The van der Waals surface area contributed by atoms with E-state index in [1.54, 1.807) is 12.1 Å². The van der Waals surface area contributed by atoms with Gasteiger partial charge in [0.1, 0.15) is 28.2 Å². The summed E-state index contributed by atoms with van der Waals surface area (Å²) in [7, 11) is 0. The maximum absolute atomic E-state index is 13.1. The smallest absolute Gasteiger partial charge is 0.341 e. The fourth-order valence-electron chi connectivity index (χ4n) is 4.11. The zero-order valence-corrected chi connectivity index (χ0v) is 22.1. The van der Waals surface area contributed by atoms with Crippen LogP contribution in [0.2, 0.25) is 5.02 Å². The summed E-state index contributed by atoms with van der Waals surface area (Å²) in [5.74, 6) is -0.617. The molecule has 38 heavy (non-hydrogen) atoms. The SMILES string of the molecule is CCCCOC(=O)c1c(NC(=O)/C(C#N)=C/c2ccc(-c3ccc([N+](=O)[O-])cc3Cl)o2)sc2c1CCCC2. The molecule has 1 amide bonds. The number of nitrogens with zero attached hydrogens (tertiary/aromatic N) is 2. The number of fused-ring (bicyclic) bond motifs is 1. The maximum atomic E-state index is 13.1. The third-order valence-corrected chi connectivity index (χ3v) is 7.56. The van der Waals surface area contributed by atoms with Crippen molar-refractivity contribution >= 4 is 51.6 Å². The van der Waals surface area contributed by atoms with Crippen LogP contribution in [0.25, 0.3) is 17.4 Å². The number of ether oxygens (including phenoxy) is 1. The Kier molecular flexibility index (Phi) is 8.61. The van der Waals surface area contributed by atoms with E-state index >= 15 is 0 Å². The number of nitriles is 1. The number of nitrogens with one attached hydrogen (secondary N) is 1. The van der Waals surface area contributed by atoms with E-state index in [-0.39, 0.29) is 22.0 Å². The number of carbonyl (C=O) groups excluding carboxylic acids is 2. The number of furan rings is 1. The first-order valence-electron chi connectivity index (χ1n) is 12.1. The van der Waals surface area contributed by atoms with Gasteiger partial charge in [-0.05, 0) is 55.9 Å². The van der Waals surface area contributed by atoms with E-state index in [2.05, 4.69) is 5.32 Å². The standard InChI is InChI=1S/C27H24ClN3O6S/c1-2-3-12-36-27(33)24-20-6-4-5-7-23(20)38-26(24)30-25(32)16(15-29)13-18-9-11-22(37-18)19-10-8-17(31(34)35)14-21(19)28/h8-11,13-14H,2-7,12H2,1H3,(H,30,32)/b16-13+. The van der Waals surface area contributed by atoms with Gasteiger partial charge in [-0.3, -0.25) is 14.9 Å². The molecule has 1 aromatic carbocycles. The van der Waals surface area contributed by atoms with Crippen LogP contribution in [-0.2, 0) is 22.4 Å². The Hall–Kier alpha value is -3.94. The first-order chi connectivity index (χ1) is 18.3. The molecule has 11 heteroatoms. The summed E-state index contributed by atoms with van der Waals surface area (Å²) in [6.07, 6.45) is 6.44. The van der Waals surface area contributed by atoms with Crippen molar-refractivity contribution in [3.8, 4) is 17.4 Å². The molecule has 1 N–H and O–H groups in total. The van der Waals surface area contributed by atoms with Crippen LogP contribution >= 0.6 is 22.9 Å². The van der Waals surface area contributed by atoms with Crippen molar-refractivity contribution in [3.05, 3.63) is 72.8 Å². The van der Waals surface area contributed by atoms with Crippen molar-refractivity contribution in [2.75, 3.05) is 11.9 Å². The fraction of sp³-hybridized carbons (Fsp3) is 0.296. The van der Waals surface area contributed by atoms with Crippen LogP contribution in [0.5, 0.6) is 0 Å². The summed E-state index contributed by atoms with van der Waals surface area (Å²) < 4.78 is 11.2. The molecule has 4 rings (SSSR count). The van der Waals surface area contributed by atoms with Gasteiger partial charge in [0.2, 0.25) is 0 Å². The molecule has 0 saturated carbocycles. The van der Waals surface area contributed by atoms with Crippen molar-refractivity contribution in [1.29, 1.82) is 5.26 Å². The van der Waals surface area contributed by atoms with E-state index in [0.717, 1.165) is 49.0 Å². The van der Waals surface area contributed by atoms with Crippen molar-refractivity contribution in [1.82, 2.24) is 0 Å². The van der Waals surface area contributed by atoms with E-state index < -0.39 is 16.8 Å². The van der Waals surface area contributed by atoms with Crippen LogP contribution in [0.3, 0.4) is 0 Å². The lowest BCUT2D eigenvalue weighted by Crippen LogP contribution is -2.17. The number of nitro benzene ring substituents is 1. The van der Waals surface area contributed by atoms with Gasteiger partial charge in [0, 0.05) is 28.6 Å². The number of unbranched alkanes of at least 4 members (excludes halogenated alkanes) is 1. The first-order valence-corrected chi connectivity index (χ1v) is 13.3. The quantitative estimate of drug-likeness (QED) is 0.0755. The molecule has 0 unspecified atom stereocenters. The average molecular weight is 554 g/mol. The lowest BCUT2D eigenvalue weighted by Gasteiger charge is -2.12. The highest BCUT2D eigenvalue weighted by molar-refractivity contribution is 7.17. The lowest BCUT2D eigenvalue weighted by atomic mass is 9.95. The van der Waals surface area contributed by atoms with Gasteiger partial charge in [0.15, 0.2) is 0 Å². The third kappa shape index (κ3) is 5.96. The van der Waals surface area contributed by atoms with Gasteiger partial charge in [-0.2, -0.15) is 5.26 Å². The molecule has 9 nitrogen and oxygen atoms in total. The molecule has 0 aliphatic heterocycles. The number of hydrogen-bond donors (Lipinski definition) is 1. The Labute approximate surface area is 227 Å². The molecule has 0 spiro atoms. The number of nitro groups is 1. The summed E-state index contributed by atoms with van der Waals surface area (Å²) in [5.41, 5.74) is 1.33. The van der Waals surface area contributed by atoms with Gasteiger partial charge in [-0.25, -0.2) is 4.79 Å². The number of rotatable bonds is 9. The number of anilines is 1. The minimum absolute atomic E-state index is 0.127. The van der Waals surface area contributed by atoms with Gasteiger partial charge in [-0.1, -0.05) is 24.9 Å². The molecule has 0 saturated heterocycles. The molecule has 0 radical (unpaired) electrons. The average Bonchev–Trinajstić information content (AvgIpc) is 3.51. The zero-order valence-electron chi connectivity index (χ0n) is 20.5. The molecule has 3 aromatic rings. The second-order valence-corrected chi connectivity index (χ2v) is 10.2. The minimum Gasteiger partial charge on any atom is -0.462 e. The van der Waals surface area contributed by atoms with Crippen LogP contribution in [0.1, 0.15) is 59.2 Å². The number of benzene rings is 1. The molecule has 0 bridgehead atoms. The second-order valence-electron chi connectivity index (χ2n) is 8.65.